The molecule has 0 aliphatic carbocycles. The third-order valence-electron chi connectivity index (χ3n) is 3.43. The van der Waals surface area contributed by atoms with Crippen LogP contribution in [0.15, 0.2) is 59.7 Å². The van der Waals surface area contributed by atoms with Gasteiger partial charge in [0.25, 0.3) is 0 Å². The van der Waals surface area contributed by atoms with Gasteiger partial charge in [0.1, 0.15) is 0 Å². The van der Waals surface area contributed by atoms with Crippen molar-refractivity contribution in [2.24, 2.45) is 5.10 Å². The number of nitrogens with zero attached hydrogens (tertiary/aromatic N) is 3. The van der Waals surface area contributed by atoms with Crippen molar-refractivity contribution in [2.75, 3.05) is 0 Å². The van der Waals surface area contributed by atoms with Crippen LogP contribution in [-0.4, -0.2) is 32.2 Å². The van der Waals surface area contributed by atoms with Crippen LogP contribution in [-0.2, 0) is 6.42 Å². The molecule has 0 aliphatic heterocycles. The zero-order valence-electron chi connectivity index (χ0n) is 12.6. The minimum atomic E-state index is -1.00. The molecule has 6 nitrogen and oxygen atoms in total. The summed E-state index contributed by atoms with van der Waals surface area (Å²) in [5.74, 6) is -0.354. The molecule has 0 saturated carbocycles. The monoisotopic (exact) mass is 338 g/mol. The zero-order valence-corrected chi connectivity index (χ0v) is 13.4. The van der Waals surface area contributed by atoms with Crippen LogP contribution in [0.4, 0.5) is 0 Å². The van der Waals surface area contributed by atoms with E-state index in [4.69, 9.17) is 12.2 Å². The van der Waals surface area contributed by atoms with E-state index in [0.29, 0.717) is 22.6 Å². The fourth-order valence-corrected chi connectivity index (χ4v) is 2.46. The maximum absolute atomic E-state index is 11.3. The number of H-pyrrole nitrogens is 1. The Bertz CT molecular complexity index is 944. The van der Waals surface area contributed by atoms with Crippen molar-refractivity contribution < 1.29 is 9.90 Å². The lowest BCUT2D eigenvalue weighted by Gasteiger charge is -2.02. The first-order valence-electron chi connectivity index (χ1n) is 7.22. The summed E-state index contributed by atoms with van der Waals surface area (Å²) in [6.07, 6.45) is 2.04. The lowest BCUT2D eigenvalue weighted by molar-refractivity contribution is 0.0697. The quantitative estimate of drug-likeness (QED) is 0.553. The number of carboxylic acid groups (broad SMARTS) is 1. The first-order chi connectivity index (χ1) is 11.6. The Morgan fingerprint density at radius 3 is 2.67 bits per heavy atom. The number of carbonyl (C=O) groups is 1. The summed E-state index contributed by atoms with van der Waals surface area (Å²) in [6.45, 7) is 0. The number of rotatable bonds is 5. The first kappa shape index (κ1) is 15.8. The second-order valence-corrected chi connectivity index (χ2v) is 5.44. The van der Waals surface area contributed by atoms with Crippen molar-refractivity contribution in [3.05, 3.63) is 81.9 Å². The van der Waals surface area contributed by atoms with E-state index in [1.54, 1.807) is 18.2 Å². The fourth-order valence-electron chi connectivity index (χ4n) is 2.26. The summed E-state index contributed by atoms with van der Waals surface area (Å²) < 4.78 is 1.85. The second-order valence-electron chi connectivity index (χ2n) is 5.06. The van der Waals surface area contributed by atoms with Gasteiger partial charge in [0.15, 0.2) is 5.82 Å². The first-order valence-corrected chi connectivity index (χ1v) is 7.63. The van der Waals surface area contributed by atoms with Gasteiger partial charge in [-0.25, -0.2) is 4.79 Å². The lowest BCUT2D eigenvalue weighted by Crippen LogP contribution is -2.04. The number of carboxylic acids is 1. The topological polar surface area (TPSA) is 83.3 Å². The highest BCUT2D eigenvalue weighted by atomic mass is 32.1. The smallest absolute Gasteiger partial charge is 0.336 e. The van der Waals surface area contributed by atoms with Gasteiger partial charge >= 0.3 is 5.97 Å². The standard InChI is InChI=1S/C17H14N4O2S/c22-16(23)14-9-5-4-8-13(14)11-18-21-15(19-20-17(21)24)10-12-6-2-1-3-7-12/h1-9,11H,10H2,(H,20,24)(H,22,23)/b18-11-. The van der Waals surface area contributed by atoms with Crippen LogP contribution >= 0.6 is 12.2 Å². The van der Waals surface area contributed by atoms with Gasteiger partial charge < -0.3 is 5.11 Å². The van der Waals surface area contributed by atoms with Crippen LogP contribution in [0.3, 0.4) is 0 Å². The Kier molecular flexibility index (Phi) is 4.62. The van der Waals surface area contributed by atoms with Gasteiger partial charge in [0, 0.05) is 12.0 Å². The third-order valence-corrected chi connectivity index (χ3v) is 3.69. The van der Waals surface area contributed by atoms with Gasteiger partial charge in [-0.05, 0) is 23.8 Å². The van der Waals surface area contributed by atoms with Gasteiger partial charge in [-0.2, -0.15) is 14.9 Å². The molecule has 0 bridgehead atoms. The molecule has 120 valence electrons. The van der Waals surface area contributed by atoms with Gasteiger partial charge in [0.05, 0.1) is 11.8 Å². The molecule has 0 radical (unpaired) electrons. The van der Waals surface area contributed by atoms with Crippen molar-refractivity contribution in [2.45, 2.75) is 6.42 Å². The van der Waals surface area contributed by atoms with E-state index in [9.17, 15) is 9.90 Å². The van der Waals surface area contributed by atoms with E-state index in [1.807, 2.05) is 30.3 Å². The molecule has 0 spiro atoms. The van der Waals surface area contributed by atoms with Crippen molar-refractivity contribution in [3.63, 3.8) is 0 Å². The van der Waals surface area contributed by atoms with Crippen LogP contribution in [0.5, 0.6) is 0 Å². The fraction of sp³-hybridized carbons (Fsp3) is 0.0588. The molecule has 0 fully saturated rings. The van der Waals surface area contributed by atoms with Gasteiger partial charge in [-0.15, -0.1) is 0 Å². The highest BCUT2D eigenvalue weighted by molar-refractivity contribution is 7.71. The van der Waals surface area contributed by atoms with Crippen LogP contribution in [0.1, 0.15) is 27.3 Å². The van der Waals surface area contributed by atoms with Crippen LogP contribution in [0.25, 0.3) is 0 Å². The van der Waals surface area contributed by atoms with Crippen LogP contribution in [0, 0.1) is 4.77 Å². The third kappa shape index (κ3) is 3.47. The Morgan fingerprint density at radius 2 is 1.92 bits per heavy atom. The van der Waals surface area contributed by atoms with E-state index < -0.39 is 5.97 Å². The number of aromatic nitrogens is 3. The number of aromatic carboxylic acids is 1. The predicted octanol–water partition coefficient (Wildman–Crippen LogP) is 3.11. The second kappa shape index (κ2) is 7.01. The van der Waals surface area contributed by atoms with E-state index in [-0.39, 0.29) is 5.56 Å². The van der Waals surface area contributed by atoms with Gasteiger partial charge in [0.2, 0.25) is 4.77 Å². The normalized spacial score (nSPS) is 11.0. The van der Waals surface area contributed by atoms with E-state index >= 15 is 0 Å². The lowest BCUT2D eigenvalue weighted by atomic mass is 10.1. The van der Waals surface area contributed by atoms with Crippen molar-refractivity contribution in [1.82, 2.24) is 14.9 Å². The Labute approximate surface area is 143 Å². The molecule has 0 unspecified atom stereocenters. The van der Waals surface area contributed by atoms with E-state index in [1.165, 1.54) is 17.0 Å². The predicted molar refractivity (Wildman–Crippen MR) is 93.1 cm³/mol. The molecule has 0 atom stereocenters. The molecule has 24 heavy (non-hydrogen) atoms. The number of nitrogens with one attached hydrogen (secondary N) is 1. The molecule has 2 N–H and O–H groups in total. The SMILES string of the molecule is O=C(O)c1ccccc1/C=N\n1c(Cc2ccccc2)n[nH]c1=S. The van der Waals surface area contributed by atoms with Crippen LogP contribution in [0.2, 0.25) is 0 Å². The molecule has 7 heteroatoms. The summed E-state index contributed by atoms with van der Waals surface area (Å²) >= 11 is 5.20. The average Bonchev–Trinajstić information content (AvgIpc) is 2.94. The Balaban J connectivity index is 1.92. The van der Waals surface area contributed by atoms with Gasteiger partial charge in [-0.1, -0.05) is 48.5 Å². The van der Waals surface area contributed by atoms with Crippen molar-refractivity contribution >= 4 is 24.4 Å². The minimum absolute atomic E-state index is 0.181. The Morgan fingerprint density at radius 1 is 1.21 bits per heavy atom. The molecule has 0 saturated heterocycles. The molecule has 2 aromatic carbocycles. The van der Waals surface area contributed by atoms with E-state index in [0.717, 1.165) is 5.56 Å². The number of benzene rings is 2. The number of hydrogen-bond acceptors (Lipinski definition) is 4. The van der Waals surface area contributed by atoms with Crippen molar-refractivity contribution in [3.8, 4) is 0 Å². The van der Waals surface area contributed by atoms with E-state index in [2.05, 4.69) is 15.3 Å². The Hall–Kier alpha value is -3.06. The molecule has 1 aromatic heterocycles. The summed E-state index contributed by atoms with van der Waals surface area (Å²) in [5.41, 5.74) is 1.76. The maximum Gasteiger partial charge on any atom is 0.336 e. The minimum Gasteiger partial charge on any atom is -0.478 e. The van der Waals surface area contributed by atoms with Crippen molar-refractivity contribution in [1.29, 1.82) is 0 Å². The highest BCUT2D eigenvalue weighted by Gasteiger charge is 2.09. The summed E-state index contributed by atoms with van der Waals surface area (Å²) in [6, 6.07) is 16.5. The molecule has 0 aliphatic rings. The van der Waals surface area contributed by atoms with Gasteiger partial charge in [-0.3, -0.25) is 5.10 Å². The summed E-state index contributed by atoms with van der Waals surface area (Å²) in [4.78, 5) is 11.3. The number of aromatic amines is 1. The molecular formula is C17H14N4O2S. The number of hydrogen-bond donors (Lipinski definition) is 2. The van der Waals surface area contributed by atoms with Crippen LogP contribution < -0.4 is 0 Å². The maximum atomic E-state index is 11.3. The molecule has 0 amide bonds. The summed E-state index contributed by atoms with van der Waals surface area (Å²) in [5, 5.41) is 20.4. The molecule has 1 heterocycles. The zero-order chi connectivity index (χ0) is 16.9. The highest BCUT2D eigenvalue weighted by Crippen LogP contribution is 2.09. The average molecular weight is 338 g/mol. The summed E-state index contributed by atoms with van der Waals surface area (Å²) in [7, 11) is 0. The molecular weight excluding hydrogens is 324 g/mol. The largest absolute Gasteiger partial charge is 0.478 e. The molecule has 3 aromatic rings. The molecule has 3 rings (SSSR count).